The molecule has 0 saturated heterocycles. The molecule has 0 aliphatic carbocycles. The SMILES string of the molecule is CCOP(=S)(OCC)Oc1ccc(C#N)cc1Cl. The molecule has 7 heteroatoms. The van der Waals surface area contributed by atoms with Crippen molar-refractivity contribution in [3.8, 4) is 11.8 Å². The molecule has 0 N–H and O–H groups in total. The molecule has 1 rings (SSSR count). The second-order valence-corrected chi connectivity index (χ2v) is 6.47. The van der Waals surface area contributed by atoms with Crippen molar-refractivity contribution < 1.29 is 13.6 Å². The third kappa shape index (κ3) is 4.24. The lowest BCUT2D eigenvalue weighted by Gasteiger charge is -2.21. The van der Waals surface area contributed by atoms with Gasteiger partial charge >= 0.3 is 6.72 Å². The van der Waals surface area contributed by atoms with Crippen LogP contribution in [0.4, 0.5) is 0 Å². The van der Waals surface area contributed by atoms with Gasteiger partial charge in [-0.15, -0.1) is 0 Å². The van der Waals surface area contributed by atoms with E-state index < -0.39 is 6.72 Å². The van der Waals surface area contributed by atoms with Gasteiger partial charge in [-0.05, 0) is 32.0 Å². The van der Waals surface area contributed by atoms with E-state index in [9.17, 15) is 0 Å². The van der Waals surface area contributed by atoms with Crippen molar-refractivity contribution in [2.24, 2.45) is 0 Å². The topological polar surface area (TPSA) is 51.5 Å². The third-order valence-electron chi connectivity index (χ3n) is 1.85. The van der Waals surface area contributed by atoms with Gasteiger partial charge in [-0.1, -0.05) is 11.6 Å². The largest absolute Gasteiger partial charge is 0.423 e. The normalized spacial score (nSPS) is 11.0. The average molecular weight is 306 g/mol. The summed E-state index contributed by atoms with van der Waals surface area (Å²) < 4.78 is 16.2. The zero-order valence-electron chi connectivity index (χ0n) is 10.1. The summed E-state index contributed by atoms with van der Waals surface area (Å²) in [4.78, 5) is 0. The maximum absolute atomic E-state index is 8.74. The van der Waals surface area contributed by atoms with Crippen molar-refractivity contribution in [1.29, 1.82) is 5.26 Å². The molecule has 0 bridgehead atoms. The van der Waals surface area contributed by atoms with Crippen molar-refractivity contribution >= 4 is 30.1 Å². The molecule has 18 heavy (non-hydrogen) atoms. The molecule has 0 aromatic heterocycles. The first-order valence-electron chi connectivity index (χ1n) is 5.33. The molecule has 0 amide bonds. The molecule has 1 aromatic rings. The molecule has 1 aromatic carbocycles. The minimum atomic E-state index is -2.83. The Morgan fingerprint density at radius 1 is 1.33 bits per heavy atom. The van der Waals surface area contributed by atoms with E-state index in [1.54, 1.807) is 12.1 Å². The Morgan fingerprint density at radius 2 is 1.94 bits per heavy atom. The number of halogens is 1. The first-order chi connectivity index (χ1) is 8.54. The molecule has 0 spiro atoms. The smallest absolute Gasteiger partial charge is 0.380 e. The Bertz CT molecular complexity index is 494. The minimum Gasteiger partial charge on any atom is -0.423 e. The van der Waals surface area contributed by atoms with E-state index in [1.165, 1.54) is 6.07 Å². The lowest BCUT2D eigenvalue weighted by atomic mass is 10.2. The number of hydrogen-bond acceptors (Lipinski definition) is 5. The predicted octanol–water partition coefficient (Wildman–Crippen LogP) is 3.89. The Morgan fingerprint density at radius 3 is 2.39 bits per heavy atom. The molecule has 4 nitrogen and oxygen atoms in total. The maximum Gasteiger partial charge on any atom is 0.380 e. The Labute approximate surface area is 117 Å². The van der Waals surface area contributed by atoms with E-state index in [0.717, 1.165) is 0 Å². The molecular formula is C11H13ClNO3PS. The molecular weight excluding hydrogens is 293 g/mol. The van der Waals surface area contributed by atoms with E-state index in [0.29, 0.717) is 29.5 Å². The molecule has 0 fully saturated rings. The summed E-state index contributed by atoms with van der Waals surface area (Å²) in [6.45, 7) is 1.58. The quantitative estimate of drug-likeness (QED) is 0.746. The summed E-state index contributed by atoms with van der Waals surface area (Å²) in [5, 5.41) is 9.05. The first-order valence-corrected chi connectivity index (χ1v) is 8.26. The zero-order valence-corrected chi connectivity index (χ0v) is 12.5. The lowest BCUT2D eigenvalue weighted by Crippen LogP contribution is -2.02. The highest BCUT2D eigenvalue weighted by molar-refractivity contribution is 8.07. The van der Waals surface area contributed by atoms with Crippen molar-refractivity contribution in [2.75, 3.05) is 13.2 Å². The number of nitriles is 1. The van der Waals surface area contributed by atoms with Gasteiger partial charge in [0.2, 0.25) is 0 Å². The van der Waals surface area contributed by atoms with Gasteiger partial charge in [0.15, 0.2) is 0 Å². The van der Waals surface area contributed by atoms with Gasteiger partial charge in [0.25, 0.3) is 0 Å². The fourth-order valence-electron chi connectivity index (χ4n) is 1.17. The van der Waals surface area contributed by atoms with Gasteiger partial charge in [-0.25, -0.2) is 0 Å². The van der Waals surface area contributed by atoms with Gasteiger partial charge in [-0.3, -0.25) is 9.05 Å². The molecule has 0 aliphatic rings. The van der Waals surface area contributed by atoms with Crippen LogP contribution in [-0.2, 0) is 20.9 Å². The van der Waals surface area contributed by atoms with Crippen LogP contribution in [0.3, 0.4) is 0 Å². The van der Waals surface area contributed by atoms with Gasteiger partial charge in [0.05, 0.1) is 29.9 Å². The van der Waals surface area contributed by atoms with E-state index in [1.807, 2.05) is 19.9 Å². The van der Waals surface area contributed by atoms with E-state index in [4.69, 9.17) is 42.2 Å². The molecule has 0 aliphatic heterocycles. The zero-order chi connectivity index (χ0) is 13.6. The van der Waals surface area contributed by atoms with Crippen molar-refractivity contribution in [3.05, 3.63) is 28.8 Å². The van der Waals surface area contributed by atoms with Crippen molar-refractivity contribution in [3.63, 3.8) is 0 Å². The number of rotatable bonds is 6. The molecule has 98 valence electrons. The molecule has 0 radical (unpaired) electrons. The summed E-state index contributed by atoms with van der Waals surface area (Å²) in [7, 11) is 0. The Hall–Kier alpha value is -0.630. The van der Waals surface area contributed by atoms with Crippen LogP contribution in [0.2, 0.25) is 5.02 Å². The van der Waals surface area contributed by atoms with Crippen LogP contribution in [0.15, 0.2) is 18.2 Å². The molecule has 0 atom stereocenters. The fraction of sp³-hybridized carbons (Fsp3) is 0.364. The van der Waals surface area contributed by atoms with Crippen molar-refractivity contribution in [2.45, 2.75) is 13.8 Å². The Balaban J connectivity index is 2.95. The average Bonchev–Trinajstić information content (AvgIpc) is 2.32. The molecule has 0 heterocycles. The van der Waals surface area contributed by atoms with Gasteiger partial charge in [-0.2, -0.15) is 5.26 Å². The number of benzene rings is 1. The molecule has 0 unspecified atom stereocenters. The highest BCUT2D eigenvalue weighted by Gasteiger charge is 2.22. The number of hydrogen-bond donors (Lipinski definition) is 0. The second-order valence-electron chi connectivity index (χ2n) is 3.13. The van der Waals surface area contributed by atoms with E-state index in [2.05, 4.69) is 0 Å². The molecule has 0 saturated carbocycles. The minimum absolute atomic E-state index is 0.308. The monoisotopic (exact) mass is 305 g/mol. The van der Waals surface area contributed by atoms with Gasteiger partial charge in [0.1, 0.15) is 5.75 Å². The highest BCUT2D eigenvalue weighted by atomic mass is 35.5. The summed E-state index contributed by atoms with van der Waals surface area (Å²) in [6.07, 6.45) is 0. The van der Waals surface area contributed by atoms with Crippen LogP contribution in [0.5, 0.6) is 5.75 Å². The standard InChI is InChI=1S/C11H13ClNO3PS/c1-3-14-17(18,15-4-2)16-11-6-5-9(8-13)7-10(11)12/h5-7H,3-4H2,1-2H3. The maximum atomic E-state index is 8.74. The van der Waals surface area contributed by atoms with Crippen LogP contribution in [0, 0.1) is 11.3 Å². The van der Waals surface area contributed by atoms with Crippen LogP contribution < -0.4 is 4.52 Å². The predicted molar refractivity (Wildman–Crippen MR) is 74.3 cm³/mol. The third-order valence-corrected chi connectivity index (χ3v) is 4.57. The summed E-state index contributed by atoms with van der Waals surface area (Å²) in [5.74, 6) is 0.362. The lowest BCUT2D eigenvalue weighted by molar-refractivity contribution is 0.218. The van der Waals surface area contributed by atoms with E-state index in [-0.39, 0.29) is 0 Å². The van der Waals surface area contributed by atoms with Crippen LogP contribution >= 0.6 is 18.3 Å². The first kappa shape index (κ1) is 15.4. The summed E-state index contributed by atoms with van der Waals surface area (Å²) in [5.41, 5.74) is 0.452. The van der Waals surface area contributed by atoms with Gasteiger partial charge in [0, 0.05) is 11.8 Å². The van der Waals surface area contributed by atoms with E-state index >= 15 is 0 Å². The Kier molecular flexibility index (Phi) is 6.07. The fourth-order valence-corrected chi connectivity index (χ4v) is 3.53. The second kappa shape index (κ2) is 7.08. The summed E-state index contributed by atoms with van der Waals surface area (Å²) in [6, 6.07) is 6.68. The van der Waals surface area contributed by atoms with Gasteiger partial charge < -0.3 is 4.52 Å². The van der Waals surface area contributed by atoms with Crippen molar-refractivity contribution in [1.82, 2.24) is 0 Å². The van der Waals surface area contributed by atoms with Crippen LogP contribution in [0.25, 0.3) is 0 Å². The summed E-state index contributed by atoms with van der Waals surface area (Å²) >= 11 is 11.2. The number of nitrogens with zero attached hydrogens (tertiary/aromatic N) is 1. The van der Waals surface area contributed by atoms with Crippen LogP contribution in [-0.4, -0.2) is 13.2 Å². The highest BCUT2D eigenvalue weighted by Crippen LogP contribution is 2.51. The van der Waals surface area contributed by atoms with Crippen LogP contribution in [0.1, 0.15) is 19.4 Å².